The molecule has 0 heterocycles. The molecule has 0 unspecified atom stereocenters. The molecule has 0 aliphatic rings. The summed E-state index contributed by atoms with van der Waals surface area (Å²) in [6, 6.07) is 1.05. The third-order valence-corrected chi connectivity index (χ3v) is 1.78. The van der Waals surface area contributed by atoms with E-state index in [1.807, 2.05) is 0 Å². The summed E-state index contributed by atoms with van der Waals surface area (Å²) >= 11 is 0. The quantitative estimate of drug-likeness (QED) is 0.830. The van der Waals surface area contributed by atoms with Crippen LogP contribution >= 0.6 is 0 Å². The molecule has 0 fully saturated rings. The topological polar surface area (TPSA) is 38.3 Å². The lowest BCUT2D eigenvalue weighted by molar-refractivity contribution is -0.145. The monoisotopic (exact) mass is 247 g/mol. The number of nitrogens with one attached hydrogen (secondary N) is 1. The molecule has 0 aliphatic heterocycles. The molecule has 0 spiro atoms. The first-order valence-corrected chi connectivity index (χ1v) is 4.98. The van der Waals surface area contributed by atoms with E-state index in [0.717, 1.165) is 0 Å². The highest BCUT2D eigenvalue weighted by atomic mass is 19.1. The van der Waals surface area contributed by atoms with E-state index in [-0.39, 0.29) is 6.10 Å². The van der Waals surface area contributed by atoms with Crippen LogP contribution in [0.1, 0.15) is 13.8 Å². The Labute approximate surface area is 96.6 Å². The van der Waals surface area contributed by atoms with Crippen LogP contribution in [0.4, 0.5) is 18.9 Å². The molecule has 0 saturated heterocycles. The van der Waals surface area contributed by atoms with Gasteiger partial charge >= 0.3 is 5.97 Å². The molecule has 0 aliphatic carbocycles. The summed E-state index contributed by atoms with van der Waals surface area (Å²) in [5.41, 5.74) is -0.549. The highest BCUT2D eigenvalue weighted by molar-refractivity contribution is 5.75. The first kappa shape index (κ1) is 13.3. The second-order valence-electron chi connectivity index (χ2n) is 3.64. The van der Waals surface area contributed by atoms with E-state index in [4.69, 9.17) is 4.74 Å². The number of carbonyl (C=O) groups excluding carboxylic acids is 1. The summed E-state index contributed by atoms with van der Waals surface area (Å²) in [6.07, 6.45) is -0.313. The Morgan fingerprint density at radius 3 is 2.29 bits per heavy atom. The maximum absolute atomic E-state index is 13.1. The summed E-state index contributed by atoms with van der Waals surface area (Å²) < 4.78 is 43.6. The molecule has 17 heavy (non-hydrogen) atoms. The third kappa shape index (κ3) is 3.97. The van der Waals surface area contributed by atoms with E-state index in [2.05, 4.69) is 5.32 Å². The molecule has 1 aromatic rings. The number of hydrogen-bond acceptors (Lipinski definition) is 3. The molecule has 94 valence electrons. The number of carbonyl (C=O) groups is 1. The van der Waals surface area contributed by atoms with Crippen LogP contribution in [-0.4, -0.2) is 18.6 Å². The van der Waals surface area contributed by atoms with Crippen LogP contribution in [0, 0.1) is 17.5 Å². The van der Waals surface area contributed by atoms with Crippen molar-refractivity contribution in [3.63, 3.8) is 0 Å². The summed E-state index contributed by atoms with van der Waals surface area (Å²) in [6.45, 7) is 2.91. The molecule has 0 amide bonds. The van der Waals surface area contributed by atoms with Gasteiger partial charge in [0.2, 0.25) is 0 Å². The standard InChI is InChI=1S/C11H12F3NO2/c1-6(2)17-10(16)5-15-11-8(13)3-7(12)4-9(11)14/h3-4,6,15H,5H2,1-2H3. The number of benzene rings is 1. The first-order chi connectivity index (χ1) is 7.90. The van der Waals surface area contributed by atoms with Crippen molar-refractivity contribution in [3.05, 3.63) is 29.6 Å². The maximum Gasteiger partial charge on any atom is 0.325 e. The SMILES string of the molecule is CC(C)OC(=O)CNc1c(F)cc(F)cc1F. The average molecular weight is 247 g/mol. The van der Waals surface area contributed by atoms with E-state index in [1.54, 1.807) is 13.8 Å². The van der Waals surface area contributed by atoms with E-state index in [1.165, 1.54) is 0 Å². The molecule has 0 radical (unpaired) electrons. The number of esters is 1. The van der Waals surface area contributed by atoms with Crippen LogP contribution in [0.15, 0.2) is 12.1 Å². The summed E-state index contributed by atoms with van der Waals surface area (Å²) in [4.78, 5) is 11.1. The molecule has 0 atom stereocenters. The van der Waals surface area contributed by atoms with Gasteiger partial charge in [0, 0.05) is 12.1 Å². The van der Waals surface area contributed by atoms with Gasteiger partial charge in [0.25, 0.3) is 0 Å². The predicted molar refractivity (Wildman–Crippen MR) is 56.0 cm³/mol. The lowest BCUT2D eigenvalue weighted by Crippen LogP contribution is -2.21. The second-order valence-corrected chi connectivity index (χ2v) is 3.64. The van der Waals surface area contributed by atoms with Crippen molar-refractivity contribution in [2.24, 2.45) is 0 Å². The zero-order valence-electron chi connectivity index (χ0n) is 9.39. The van der Waals surface area contributed by atoms with Gasteiger partial charge in [-0.3, -0.25) is 4.79 Å². The smallest absolute Gasteiger partial charge is 0.325 e. The van der Waals surface area contributed by atoms with Gasteiger partial charge in [-0.25, -0.2) is 13.2 Å². The maximum atomic E-state index is 13.1. The van der Waals surface area contributed by atoms with E-state index in [0.29, 0.717) is 12.1 Å². The molecule has 0 saturated carbocycles. The van der Waals surface area contributed by atoms with Gasteiger partial charge < -0.3 is 10.1 Å². The number of anilines is 1. The largest absolute Gasteiger partial charge is 0.462 e. The van der Waals surface area contributed by atoms with Gasteiger partial charge in [0.05, 0.1) is 6.10 Å². The molecule has 0 aromatic heterocycles. The van der Waals surface area contributed by atoms with Crippen LogP contribution in [-0.2, 0) is 9.53 Å². The Morgan fingerprint density at radius 1 is 1.29 bits per heavy atom. The molecule has 0 bridgehead atoms. The normalized spacial score (nSPS) is 10.5. The molecule has 6 heteroatoms. The Hall–Kier alpha value is -1.72. The van der Waals surface area contributed by atoms with Gasteiger partial charge in [-0.2, -0.15) is 0 Å². The molecular weight excluding hydrogens is 235 g/mol. The number of hydrogen-bond donors (Lipinski definition) is 1. The summed E-state index contributed by atoms with van der Waals surface area (Å²) in [5.74, 6) is -3.86. The van der Waals surface area contributed by atoms with Crippen LogP contribution in [0.25, 0.3) is 0 Å². The van der Waals surface area contributed by atoms with Gasteiger partial charge in [-0.1, -0.05) is 0 Å². The molecule has 1 rings (SSSR count). The number of rotatable bonds is 4. The predicted octanol–water partition coefficient (Wildman–Crippen LogP) is 2.47. The van der Waals surface area contributed by atoms with Crippen molar-refractivity contribution in [1.29, 1.82) is 0 Å². The minimum Gasteiger partial charge on any atom is -0.462 e. The van der Waals surface area contributed by atoms with Gasteiger partial charge in [0.1, 0.15) is 18.0 Å². The molecular formula is C11H12F3NO2. The van der Waals surface area contributed by atoms with Crippen molar-refractivity contribution in [1.82, 2.24) is 0 Å². The lowest BCUT2D eigenvalue weighted by atomic mass is 10.3. The minimum absolute atomic E-state index is 0.313. The van der Waals surface area contributed by atoms with Gasteiger partial charge in [0.15, 0.2) is 11.6 Å². The van der Waals surface area contributed by atoms with Crippen molar-refractivity contribution in [2.75, 3.05) is 11.9 Å². The lowest BCUT2D eigenvalue weighted by Gasteiger charge is -2.10. The van der Waals surface area contributed by atoms with E-state index >= 15 is 0 Å². The van der Waals surface area contributed by atoms with E-state index < -0.39 is 35.7 Å². The highest BCUT2D eigenvalue weighted by Crippen LogP contribution is 2.19. The Bertz CT molecular complexity index is 398. The zero-order valence-corrected chi connectivity index (χ0v) is 9.39. The van der Waals surface area contributed by atoms with Crippen molar-refractivity contribution >= 4 is 11.7 Å². The van der Waals surface area contributed by atoms with Crippen molar-refractivity contribution < 1.29 is 22.7 Å². The Morgan fingerprint density at radius 2 is 1.82 bits per heavy atom. The van der Waals surface area contributed by atoms with Gasteiger partial charge in [-0.05, 0) is 13.8 Å². The highest BCUT2D eigenvalue weighted by Gasteiger charge is 2.13. The molecule has 3 nitrogen and oxygen atoms in total. The molecule has 1 N–H and O–H groups in total. The fourth-order valence-corrected chi connectivity index (χ4v) is 1.18. The summed E-state index contributed by atoms with van der Waals surface area (Å²) in [7, 11) is 0. The Balaban J connectivity index is 2.67. The zero-order chi connectivity index (χ0) is 13.0. The van der Waals surface area contributed by atoms with Crippen molar-refractivity contribution in [2.45, 2.75) is 20.0 Å². The fourth-order valence-electron chi connectivity index (χ4n) is 1.18. The summed E-state index contributed by atoms with van der Waals surface area (Å²) in [5, 5.41) is 2.22. The Kier molecular flexibility index (Phi) is 4.37. The van der Waals surface area contributed by atoms with Crippen LogP contribution in [0.3, 0.4) is 0 Å². The third-order valence-electron chi connectivity index (χ3n) is 1.78. The van der Waals surface area contributed by atoms with Crippen LogP contribution in [0.2, 0.25) is 0 Å². The van der Waals surface area contributed by atoms with Crippen LogP contribution < -0.4 is 5.32 Å². The van der Waals surface area contributed by atoms with Gasteiger partial charge in [-0.15, -0.1) is 0 Å². The first-order valence-electron chi connectivity index (χ1n) is 4.98. The molecule has 1 aromatic carbocycles. The van der Waals surface area contributed by atoms with Crippen LogP contribution in [0.5, 0.6) is 0 Å². The van der Waals surface area contributed by atoms with E-state index in [9.17, 15) is 18.0 Å². The van der Waals surface area contributed by atoms with Crippen molar-refractivity contribution in [3.8, 4) is 0 Å². The number of halogens is 3. The average Bonchev–Trinajstić information content (AvgIpc) is 2.14. The fraction of sp³-hybridized carbons (Fsp3) is 0.364. The minimum atomic E-state index is -1.10. The number of ether oxygens (including phenoxy) is 1. The second kappa shape index (κ2) is 5.56.